The molecule has 36 heavy (non-hydrogen) atoms. The Morgan fingerprint density at radius 3 is 1.42 bits per heavy atom. The zero-order valence-corrected chi connectivity index (χ0v) is 23.4. The van der Waals surface area contributed by atoms with E-state index < -0.39 is 0 Å². The first-order valence-electron chi connectivity index (χ1n) is 14.8. The van der Waals surface area contributed by atoms with Crippen LogP contribution >= 0.6 is 0 Å². The van der Waals surface area contributed by atoms with Crippen molar-refractivity contribution in [2.24, 2.45) is 0 Å². The van der Waals surface area contributed by atoms with E-state index in [-0.39, 0.29) is 0 Å². The molecule has 0 aliphatic heterocycles. The van der Waals surface area contributed by atoms with E-state index in [9.17, 15) is 0 Å². The lowest BCUT2D eigenvalue weighted by Gasteiger charge is -2.12. The third-order valence-electron chi connectivity index (χ3n) is 6.65. The number of nitrogens with zero attached hydrogens (tertiary/aromatic N) is 3. The SMILES string of the molecule is CCCCCCCCCCNc1nc(NCCCCCCCCCC)nc(Nc2ccccc2C)n1. The molecule has 1 heterocycles. The number of aromatic nitrogens is 3. The standard InChI is InChI=1S/C30H52N6/c1-4-6-8-10-12-14-16-20-24-31-28-34-29(32-25-21-17-15-13-11-9-7-5-2)36-30(35-28)33-27-23-19-18-22-26(27)3/h18-19,22-23H,4-17,20-21,24-25H2,1-3H3,(H3,31,32,33,34,35,36). The first kappa shape index (κ1) is 29.9. The Labute approximate surface area is 220 Å². The summed E-state index contributed by atoms with van der Waals surface area (Å²) in [7, 11) is 0. The lowest BCUT2D eigenvalue weighted by Crippen LogP contribution is -2.13. The number of para-hydroxylation sites is 1. The smallest absolute Gasteiger partial charge is 0.233 e. The van der Waals surface area contributed by atoms with Crippen molar-refractivity contribution in [3.05, 3.63) is 29.8 Å². The number of benzene rings is 1. The van der Waals surface area contributed by atoms with Gasteiger partial charge >= 0.3 is 0 Å². The fourth-order valence-corrected chi connectivity index (χ4v) is 4.34. The molecule has 0 atom stereocenters. The van der Waals surface area contributed by atoms with Crippen molar-refractivity contribution in [3.63, 3.8) is 0 Å². The molecule has 0 bridgehead atoms. The summed E-state index contributed by atoms with van der Waals surface area (Å²) in [6.45, 7) is 8.41. The second-order valence-electron chi connectivity index (χ2n) is 10.0. The molecule has 1 aromatic heterocycles. The molecule has 2 aromatic rings. The number of aryl methyl sites for hydroxylation is 1. The van der Waals surface area contributed by atoms with E-state index in [1.165, 1.54) is 95.5 Å². The van der Waals surface area contributed by atoms with Crippen molar-refractivity contribution >= 4 is 23.5 Å². The van der Waals surface area contributed by atoms with Crippen LogP contribution in [0.4, 0.5) is 23.5 Å². The molecule has 2 rings (SSSR count). The number of nitrogens with one attached hydrogen (secondary N) is 3. The molecule has 0 aliphatic carbocycles. The topological polar surface area (TPSA) is 74.8 Å². The highest BCUT2D eigenvalue weighted by molar-refractivity contribution is 5.59. The summed E-state index contributed by atoms with van der Waals surface area (Å²) >= 11 is 0. The Bertz CT molecular complexity index is 770. The van der Waals surface area contributed by atoms with Crippen LogP contribution < -0.4 is 16.0 Å². The van der Waals surface area contributed by atoms with Crippen LogP contribution in [0.25, 0.3) is 0 Å². The van der Waals surface area contributed by atoms with Crippen molar-refractivity contribution < 1.29 is 0 Å². The van der Waals surface area contributed by atoms with E-state index in [1.54, 1.807) is 0 Å². The predicted octanol–water partition coefficient (Wildman–Crippen LogP) is 9.03. The molecule has 1 aromatic carbocycles. The molecular formula is C30H52N6. The van der Waals surface area contributed by atoms with Gasteiger partial charge in [-0.1, -0.05) is 122 Å². The number of hydrogen-bond donors (Lipinski definition) is 3. The van der Waals surface area contributed by atoms with Crippen LogP contribution in [0.3, 0.4) is 0 Å². The van der Waals surface area contributed by atoms with Crippen molar-refractivity contribution in [3.8, 4) is 0 Å². The highest BCUT2D eigenvalue weighted by Gasteiger charge is 2.08. The summed E-state index contributed by atoms with van der Waals surface area (Å²) in [5.74, 6) is 1.86. The lowest BCUT2D eigenvalue weighted by molar-refractivity contribution is 0.580. The Balaban J connectivity index is 1.81. The first-order chi connectivity index (χ1) is 17.7. The summed E-state index contributed by atoms with van der Waals surface area (Å²) < 4.78 is 0. The fraction of sp³-hybridized carbons (Fsp3) is 0.700. The molecule has 6 heteroatoms. The monoisotopic (exact) mass is 496 g/mol. The summed E-state index contributed by atoms with van der Waals surface area (Å²) in [6, 6.07) is 8.22. The van der Waals surface area contributed by atoms with Gasteiger partial charge < -0.3 is 16.0 Å². The van der Waals surface area contributed by atoms with E-state index >= 15 is 0 Å². The molecule has 0 saturated heterocycles. The van der Waals surface area contributed by atoms with Gasteiger partial charge in [-0.15, -0.1) is 0 Å². The van der Waals surface area contributed by atoms with Crippen molar-refractivity contribution in [1.82, 2.24) is 15.0 Å². The van der Waals surface area contributed by atoms with Gasteiger partial charge in [0, 0.05) is 18.8 Å². The van der Waals surface area contributed by atoms with Gasteiger partial charge in [0.2, 0.25) is 17.8 Å². The highest BCUT2D eigenvalue weighted by Crippen LogP contribution is 2.19. The van der Waals surface area contributed by atoms with Crippen molar-refractivity contribution in [1.29, 1.82) is 0 Å². The molecule has 0 radical (unpaired) electrons. The Morgan fingerprint density at radius 1 is 0.528 bits per heavy atom. The maximum absolute atomic E-state index is 4.65. The third-order valence-corrected chi connectivity index (χ3v) is 6.65. The van der Waals surface area contributed by atoms with Gasteiger partial charge in [0.05, 0.1) is 0 Å². The fourth-order valence-electron chi connectivity index (χ4n) is 4.34. The minimum absolute atomic E-state index is 0.580. The summed E-state index contributed by atoms with van der Waals surface area (Å²) in [4.78, 5) is 13.9. The second kappa shape index (κ2) is 19.8. The normalized spacial score (nSPS) is 11.0. The van der Waals surface area contributed by atoms with E-state index in [0.29, 0.717) is 17.8 Å². The van der Waals surface area contributed by atoms with Crippen LogP contribution in [0.2, 0.25) is 0 Å². The van der Waals surface area contributed by atoms with Crippen molar-refractivity contribution in [2.75, 3.05) is 29.0 Å². The Morgan fingerprint density at radius 2 is 0.944 bits per heavy atom. The molecule has 202 valence electrons. The Hall–Kier alpha value is -2.37. The number of hydrogen-bond acceptors (Lipinski definition) is 6. The molecule has 0 amide bonds. The maximum Gasteiger partial charge on any atom is 0.233 e. The molecule has 3 N–H and O–H groups in total. The lowest BCUT2D eigenvalue weighted by atomic mass is 10.1. The van der Waals surface area contributed by atoms with Crippen LogP contribution in [0, 0.1) is 6.92 Å². The van der Waals surface area contributed by atoms with Gasteiger partial charge in [0.15, 0.2) is 0 Å². The number of rotatable bonds is 22. The molecular weight excluding hydrogens is 444 g/mol. The van der Waals surface area contributed by atoms with E-state index in [2.05, 4.69) is 63.8 Å². The minimum Gasteiger partial charge on any atom is -0.354 e. The number of unbranched alkanes of at least 4 members (excludes halogenated alkanes) is 14. The largest absolute Gasteiger partial charge is 0.354 e. The highest BCUT2D eigenvalue weighted by atomic mass is 15.3. The summed E-state index contributed by atoms with van der Waals surface area (Å²) in [5, 5.41) is 10.2. The van der Waals surface area contributed by atoms with Gasteiger partial charge in [-0.2, -0.15) is 15.0 Å². The van der Waals surface area contributed by atoms with Gasteiger partial charge in [0.25, 0.3) is 0 Å². The van der Waals surface area contributed by atoms with Crippen LogP contribution in [0.1, 0.15) is 122 Å². The van der Waals surface area contributed by atoms with Gasteiger partial charge in [-0.3, -0.25) is 0 Å². The molecule has 0 fully saturated rings. The third kappa shape index (κ3) is 13.6. The molecule has 0 spiro atoms. The summed E-state index contributed by atoms with van der Waals surface area (Å²) in [6.07, 6.45) is 21.0. The van der Waals surface area contributed by atoms with E-state index in [1.807, 2.05) is 12.1 Å². The van der Waals surface area contributed by atoms with Gasteiger partial charge in [-0.25, -0.2) is 0 Å². The van der Waals surface area contributed by atoms with Crippen LogP contribution in [-0.4, -0.2) is 28.0 Å². The number of anilines is 4. The zero-order chi connectivity index (χ0) is 25.7. The summed E-state index contributed by atoms with van der Waals surface area (Å²) in [5.41, 5.74) is 2.19. The zero-order valence-electron chi connectivity index (χ0n) is 23.4. The molecule has 6 nitrogen and oxygen atoms in total. The second-order valence-corrected chi connectivity index (χ2v) is 10.0. The van der Waals surface area contributed by atoms with Crippen LogP contribution in [0.5, 0.6) is 0 Å². The first-order valence-corrected chi connectivity index (χ1v) is 14.8. The average Bonchev–Trinajstić information content (AvgIpc) is 2.88. The molecule has 0 saturated carbocycles. The minimum atomic E-state index is 0.580. The van der Waals surface area contributed by atoms with E-state index in [0.717, 1.165) is 31.6 Å². The average molecular weight is 497 g/mol. The van der Waals surface area contributed by atoms with Crippen molar-refractivity contribution in [2.45, 2.75) is 124 Å². The quantitative estimate of drug-likeness (QED) is 0.141. The van der Waals surface area contributed by atoms with Gasteiger partial charge in [0.1, 0.15) is 0 Å². The van der Waals surface area contributed by atoms with Crippen LogP contribution in [0.15, 0.2) is 24.3 Å². The Kier molecular flexibility index (Phi) is 16.4. The molecule has 0 aliphatic rings. The predicted molar refractivity (Wildman–Crippen MR) is 156 cm³/mol. The van der Waals surface area contributed by atoms with Crippen LogP contribution in [-0.2, 0) is 0 Å². The van der Waals surface area contributed by atoms with E-state index in [4.69, 9.17) is 0 Å². The molecule has 0 unspecified atom stereocenters. The maximum atomic E-state index is 4.65. The van der Waals surface area contributed by atoms with Gasteiger partial charge in [-0.05, 0) is 31.4 Å².